The highest BCUT2D eigenvalue weighted by Gasteiger charge is 2.21. The molecule has 4 aromatic rings. The number of carbonyl (C=O) groups is 1. The van der Waals surface area contributed by atoms with E-state index >= 15 is 0 Å². The van der Waals surface area contributed by atoms with Gasteiger partial charge in [0.05, 0.1) is 16.5 Å². The van der Waals surface area contributed by atoms with Gasteiger partial charge in [-0.3, -0.25) is 9.59 Å². The van der Waals surface area contributed by atoms with E-state index in [0.29, 0.717) is 47.7 Å². The summed E-state index contributed by atoms with van der Waals surface area (Å²) in [6.07, 6.45) is 2.57. The Morgan fingerprint density at radius 1 is 0.909 bits per heavy atom. The standard InChI is InChI=1S/C28H25NO4/c1-3-19-8-10-21(11-9-19)27(30)23-17-29(16-20-6-4-18(2)5-7-20)24-15-26-25(32-12-13-33-26)14-22(24)28(23)31/h4-11,14-15,17H,3,12-13,16H2,1-2H3. The highest BCUT2D eigenvalue weighted by atomic mass is 16.6. The Bertz CT molecular complexity index is 1400. The van der Waals surface area contributed by atoms with E-state index in [-0.39, 0.29) is 16.8 Å². The van der Waals surface area contributed by atoms with E-state index in [2.05, 4.69) is 31.2 Å². The van der Waals surface area contributed by atoms with Crippen molar-refractivity contribution in [3.63, 3.8) is 0 Å². The third kappa shape index (κ3) is 4.02. The van der Waals surface area contributed by atoms with Crippen molar-refractivity contribution in [2.45, 2.75) is 26.8 Å². The molecule has 0 unspecified atom stereocenters. The molecule has 0 spiro atoms. The average molecular weight is 440 g/mol. The van der Waals surface area contributed by atoms with E-state index in [1.807, 2.05) is 29.7 Å². The molecule has 0 saturated heterocycles. The zero-order valence-corrected chi connectivity index (χ0v) is 18.8. The second-order valence-corrected chi connectivity index (χ2v) is 8.38. The Hall–Kier alpha value is -3.86. The lowest BCUT2D eigenvalue weighted by Crippen LogP contribution is -2.21. The zero-order valence-electron chi connectivity index (χ0n) is 18.8. The summed E-state index contributed by atoms with van der Waals surface area (Å²) in [5, 5.41) is 0.447. The number of carbonyl (C=O) groups excluding carboxylic acids is 1. The molecular formula is C28H25NO4. The van der Waals surface area contributed by atoms with Crippen LogP contribution in [0.5, 0.6) is 11.5 Å². The van der Waals surface area contributed by atoms with Gasteiger partial charge in [-0.1, -0.05) is 61.0 Å². The number of aromatic nitrogens is 1. The molecule has 33 heavy (non-hydrogen) atoms. The minimum Gasteiger partial charge on any atom is -0.486 e. The van der Waals surface area contributed by atoms with Crippen LogP contribution in [0.2, 0.25) is 0 Å². The molecular weight excluding hydrogens is 414 g/mol. The average Bonchev–Trinajstić information content (AvgIpc) is 2.86. The number of nitrogens with zero attached hydrogens (tertiary/aromatic N) is 1. The molecule has 0 amide bonds. The van der Waals surface area contributed by atoms with Crippen molar-refractivity contribution in [3.8, 4) is 11.5 Å². The second kappa shape index (κ2) is 8.58. The summed E-state index contributed by atoms with van der Waals surface area (Å²) in [7, 11) is 0. The molecule has 0 radical (unpaired) electrons. The normalized spacial score (nSPS) is 12.7. The first-order chi connectivity index (χ1) is 16.0. The third-order valence-corrected chi connectivity index (χ3v) is 6.09. The number of hydrogen-bond acceptors (Lipinski definition) is 4. The van der Waals surface area contributed by atoms with E-state index in [0.717, 1.165) is 17.5 Å². The highest BCUT2D eigenvalue weighted by Crippen LogP contribution is 2.34. The van der Waals surface area contributed by atoms with E-state index in [4.69, 9.17) is 9.47 Å². The summed E-state index contributed by atoms with van der Waals surface area (Å²) >= 11 is 0. The minimum atomic E-state index is -0.299. The van der Waals surface area contributed by atoms with Gasteiger partial charge >= 0.3 is 0 Å². The molecule has 0 fully saturated rings. The van der Waals surface area contributed by atoms with Gasteiger partial charge in [0.25, 0.3) is 0 Å². The van der Waals surface area contributed by atoms with Gasteiger partial charge in [0, 0.05) is 24.4 Å². The van der Waals surface area contributed by atoms with E-state index in [1.165, 1.54) is 5.56 Å². The van der Waals surface area contributed by atoms with Gasteiger partial charge in [-0.25, -0.2) is 0 Å². The highest BCUT2D eigenvalue weighted by molar-refractivity contribution is 6.10. The van der Waals surface area contributed by atoms with Crippen LogP contribution in [-0.4, -0.2) is 23.6 Å². The van der Waals surface area contributed by atoms with Gasteiger partial charge < -0.3 is 14.0 Å². The van der Waals surface area contributed by atoms with Crippen LogP contribution in [0.4, 0.5) is 0 Å². The van der Waals surface area contributed by atoms with Crippen LogP contribution < -0.4 is 14.9 Å². The van der Waals surface area contributed by atoms with Crippen LogP contribution in [-0.2, 0) is 13.0 Å². The topological polar surface area (TPSA) is 57.5 Å². The van der Waals surface area contributed by atoms with Crippen molar-refractivity contribution in [2.75, 3.05) is 13.2 Å². The van der Waals surface area contributed by atoms with Gasteiger partial charge in [0.1, 0.15) is 13.2 Å². The Kier molecular flexibility index (Phi) is 5.47. The molecule has 5 nitrogen and oxygen atoms in total. The summed E-state index contributed by atoms with van der Waals surface area (Å²) in [5.74, 6) is 0.863. The Morgan fingerprint density at radius 3 is 2.21 bits per heavy atom. The number of aryl methyl sites for hydroxylation is 2. The summed E-state index contributed by atoms with van der Waals surface area (Å²) < 4.78 is 13.4. The van der Waals surface area contributed by atoms with Crippen LogP contribution >= 0.6 is 0 Å². The van der Waals surface area contributed by atoms with Crippen LogP contribution in [0.1, 0.15) is 39.5 Å². The maximum Gasteiger partial charge on any atom is 0.200 e. The first kappa shape index (κ1) is 21.0. The van der Waals surface area contributed by atoms with Crippen molar-refractivity contribution in [2.24, 2.45) is 0 Å². The van der Waals surface area contributed by atoms with E-state index < -0.39 is 0 Å². The largest absolute Gasteiger partial charge is 0.486 e. The summed E-state index contributed by atoms with van der Waals surface area (Å²) in [4.78, 5) is 26.9. The Balaban J connectivity index is 1.68. The Labute approximate surface area is 192 Å². The van der Waals surface area contributed by atoms with Gasteiger partial charge in [-0.2, -0.15) is 0 Å². The molecule has 166 valence electrons. The molecule has 0 saturated carbocycles. The number of fused-ring (bicyclic) bond motifs is 2. The minimum absolute atomic E-state index is 0.149. The fourth-order valence-electron chi connectivity index (χ4n) is 4.16. The number of benzene rings is 3. The lowest BCUT2D eigenvalue weighted by atomic mass is 10.00. The van der Waals surface area contributed by atoms with Crippen molar-refractivity contribution in [1.82, 2.24) is 4.57 Å². The van der Waals surface area contributed by atoms with Crippen molar-refractivity contribution in [1.29, 1.82) is 0 Å². The van der Waals surface area contributed by atoms with Gasteiger partial charge in [0.15, 0.2) is 17.3 Å². The SMILES string of the molecule is CCc1ccc(C(=O)c2cn(Cc3ccc(C)cc3)c3cc4c(cc3c2=O)OCCO4)cc1. The lowest BCUT2D eigenvalue weighted by molar-refractivity contribution is 0.103. The lowest BCUT2D eigenvalue weighted by Gasteiger charge is -2.21. The fraction of sp³-hybridized carbons (Fsp3) is 0.214. The summed E-state index contributed by atoms with van der Waals surface area (Å²) in [6.45, 7) is 5.52. The van der Waals surface area contributed by atoms with Gasteiger partial charge in [-0.05, 0) is 30.5 Å². The molecule has 0 N–H and O–H groups in total. The predicted molar refractivity (Wildman–Crippen MR) is 129 cm³/mol. The zero-order chi connectivity index (χ0) is 22.9. The number of hydrogen-bond donors (Lipinski definition) is 0. The first-order valence-electron chi connectivity index (χ1n) is 11.2. The number of pyridine rings is 1. The van der Waals surface area contributed by atoms with E-state index in [1.54, 1.807) is 24.4 Å². The van der Waals surface area contributed by atoms with Crippen LogP contribution in [0.15, 0.2) is 71.7 Å². The van der Waals surface area contributed by atoms with Crippen LogP contribution in [0, 0.1) is 6.92 Å². The van der Waals surface area contributed by atoms with Crippen molar-refractivity contribution in [3.05, 3.63) is 105 Å². The molecule has 5 rings (SSSR count). The summed E-state index contributed by atoms with van der Waals surface area (Å²) in [5.41, 5.74) is 4.46. The number of ether oxygens (including phenoxy) is 2. The van der Waals surface area contributed by atoms with Crippen LogP contribution in [0.25, 0.3) is 10.9 Å². The van der Waals surface area contributed by atoms with E-state index in [9.17, 15) is 9.59 Å². The molecule has 0 atom stereocenters. The molecule has 1 aromatic heterocycles. The smallest absolute Gasteiger partial charge is 0.200 e. The predicted octanol–water partition coefficient (Wildman–Crippen LogP) is 4.92. The molecule has 5 heteroatoms. The monoisotopic (exact) mass is 439 g/mol. The third-order valence-electron chi connectivity index (χ3n) is 6.09. The van der Waals surface area contributed by atoms with Crippen molar-refractivity contribution < 1.29 is 14.3 Å². The molecule has 3 aromatic carbocycles. The number of ketones is 1. The van der Waals surface area contributed by atoms with Gasteiger partial charge in [0.2, 0.25) is 5.43 Å². The molecule has 0 aliphatic carbocycles. The Morgan fingerprint density at radius 2 is 1.55 bits per heavy atom. The summed E-state index contributed by atoms with van der Waals surface area (Å²) in [6, 6.07) is 19.2. The first-order valence-corrected chi connectivity index (χ1v) is 11.2. The molecule has 0 bridgehead atoms. The second-order valence-electron chi connectivity index (χ2n) is 8.38. The molecule has 2 heterocycles. The quantitative estimate of drug-likeness (QED) is 0.414. The maximum atomic E-state index is 13.5. The van der Waals surface area contributed by atoms with Crippen molar-refractivity contribution >= 4 is 16.7 Å². The maximum absolute atomic E-state index is 13.5. The van der Waals surface area contributed by atoms with Gasteiger partial charge in [-0.15, -0.1) is 0 Å². The number of rotatable bonds is 5. The fourth-order valence-corrected chi connectivity index (χ4v) is 4.16. The molecule has 1 aliphatic heterocycles. The van der Waals surface area contributed by atoms with Crippen LogP contribution in [0.3, 0.4) is 0 Å². The molecule has 1 aliphatic rings.